The molecule has 3 aromatic rings. The van der Waals surface area contributed by atoms with Gasteiger partial charge in [0.05, 0.1) is 17.1 Å². The molecular weight excluding hydrogens is 294 g/mol. The summed E-state index contributed by atoms with van der Waals surface area (Å²) in [4.78, 5) is 12.2. The number of fused-ring (bicyclic) bond motifs is 1. The molecule has 3 rings (SSSR count). The summed E-state index contributed by atoms with van der Waals surface area (Å²) in [5.41, 5.74) is 2.70. The maximum atomic E-state index is 12.2. The second-order valence-electron chi connectivity index (χ2n) is 5.39. The highest BCUT2D eigenvalue weighted by atomic mass is 35.5. The maximum absolute atomic E-state index is 12.2. The number of anilines is 1. The number of hydrogen-bond donors (Lipinski definition) is 1. The quantitative estimate of drug-likeness (QED) is 0.726. The van der Waals surface area contributed by atoms with Crippen molar-refractivity contribution in [3.05, 3.63) is 76.8 Å². The molecular formula is C19H16ClNO. The Morgan fingerprint density at radius 2 is 1.77 bits per heavy atom. The average molecular weight is 310 g/mol. The lowest BCUT2D eigenvalue weighted by atomic mass is 10.0. The maximum Gasteiger partial charge on any atom is 0.228 e. The van der Waals surface area contributed by atoms with E-state index < -0.39 is 0 Å². The third-order valence-corrected chi connectivity index (χ3v) is 3.89. The molecule has 1 N–H and O–H groups in total. The van der Waals surface area contributed by atoms with Gasteiger partial charge in [-0.2, -0.15) is 0 Å². The first-order valence-corrected chi connectivity index (χ1v) is 7.53. The minimum atomic E-state index is -0.0685. The van der Waals surface area contributed by atoms with E-state index in [0.29, 0.717) is 17.1 Å². The van der Waals surface area contributed by atoms with Crippen LogP contribution in [-0.4, -0.2) is 5.91 Å². The summed E-state index contributed by atoms with van der Waals surface area (Å²) in [6, 6.07) is 19.8. The number of hydrogen-bond acceptors (Lipinski definition) is 1. The summed E-state index contributed by atoms with van der Waals surface area (Å²) in [5.74, 6) is -0.0685. The van der Waals surface area contributed by atoms with Crippen molar-refractivity contribution >= 4 is 34.0 Å². The first-order valence-electron chi connectivity index (χ1n) is 7.15. The number of rotatable bonds is 3. The van der Waals surface area contributed by atoms with Crippen molar-refractivity contribution in [2.24, 2.45) is 0 Å². The molecule has 110 valence electrons. The Morgan fingerprint density at radius 1 is 1.00 bits per heavy atom. The molecule has 0 radical (unpaired) electrons. The number of aryl methyl sites for hydroxylation is 1. The minimum Gasteiger partial charge on any atom is -0.324 e. The Labute approximate surface area is 134 Å². The second kappa shape index (κ2) is 6.20. The third kappa shape index (κ3) is 3.29. The highest BCUT2D eigenvalue weighted by Gasteiger charge is 2.07. The number of halogens is 1. The standard InChI is InChI=1S/C19H16ClNO/c1-13-6-9-18(17(20)10-13)21-19(22)12-14-7-8-15-4-2-3-5-16(15)11-14/h2-11H,12H2,1H3,(H,21,22). The highest BCUT2D eigenvalue weighted by Crippen LogP contribution is 2.23. The van der Waals surface area contributed by atoms with E-state index in [4.69, 9.17) is 11.6 Å². The summed E-state index contributed by atoms with van der Waals surface area (Å²) in [6.07, 6.45) is 0.328. The molecule has 22 heavy (non-hydrogen) atoms. The lowest BCUT2D eigenvalue weighted by Crippen LogP contribution is -2.14. The largest absolute Gasteiger partial charge is 0.324 e. The SMILES string of the molecule is Cc1ccc(NC(=O)Cc2ccc3ccccc3c2)c(Cl)c1. The van der Waals surface area contributed by atoms with E-state index in [-0.39, 0.29) is 5.91 Å². The van der Waals surface area contributed by atoms with Gasteiger partial charge in [0.2, 0.25) is 5.91 Å². The number of carbonyl (C=O) groups is 1. The predicted octanol–water partition coefficient (Wildman–Crippen LogP) is 4.98. The van der Waals surface area contributed by atoms with E-state index in [1.165, 1.54) is 5.39 Å². The van der Waals surface area contributed by atoms with E-state index in [1.54, 1.807) is 0 Å². The number of benzene rings is 3. The molecule has 0 spiro atoms. The molecule has 0 fully saturated rings. The summed E-state index contributed by atoms with van der Waals surface area (Å²) in [7, 11) is 0. The molecule has 3 aromatic carbocycles. The monoisotopic (exact) mass is 309 g/mol. The molecule has 0 atom stereocenters. The van der Waals surface area contributed by atoms with Crippen molar-refractivity contribution in [2.75, 3.05) is 5.32 Å². The van der Waals surface area contributed by atoms with Gasteiger partial charge in [-0.1, -0.05) is 60.1 Å². The summed E-state index contributed by atoms with van der Waals surface area (Å²) in [5, 5.41) is 5.74. The lowest BCUT2D eigenvalue weighted by Gasteiger charge is -2.08. The number of nitrogens with one attached hydrogen (secondary N) is 1. The fourth-order valence-corrected chi connectivity index (χ4v) is 2.73. The molecule has 0 heterocycles. The normalized spacial score (nSPS) is 10.6. The first kappa shape index (κ1) is 14.6. The molecule has 1 amide bonds. The zero-order chi connectivity index (χ0) is 15.5. The number of carbonyl (C=O) groups excluding carboxylic acids is 1. The van der Waals surface area contributed by atoms with Gasteiger partial charge in [-0.05, 0) is 41.0 Å². The molecule has 2 nitrogen and oxygen atoms in total. The fraction of sp³-hybridized carbons (Fsp3) is 0.105. The van der Waals surface area contributed by atoms with Crippen LogP contribution >= 0.6 is 11.6 Å². The van der Waals surface area contributed by atoms with Gasteiger partial charge >= 0.3 is 0 Å². The summed E-state index contributed by atoms with van der Waals surface area (Å²) < 4.78 is 0. The van der Waals surface area contributed by atoms with Gasteiger partial charge in [-0.25, -0.2) is 0 Å². The summed E-state index contributed by atoms with van der Waals surface area (Å²) in [6.45, 7) is 1.96. The molecule has 0 aliphatic rings. The van der Waals surface area contributed by atoms with Crippen LogP contribution in [-0.2, 0) is 11.2 Å². The van der Waals surface area contributed by atoms with Crippen LogP contribution in [0.3, 0.4) is 0 Å². The molecule has 0 aromatic heterocycles. The molecule has 0 saturated heterocycles. The van der Waals surface area contributed by atoms with Gasteiger partial charge in [0.1, 0.15) is 0 Å². The van der Waals surface area contributed by atoms with Gasteiger partial charge < -0.3 is 5.32 Å². The summed E-state index contributed by atoms with van der Waals surface area (Å²) >= 11 is 6.14. The van der Waals surface area contributed by atoms with E-state index >= 15 is 0 Å². The van der Waals surface area contributed by atoms with Crippen molar-refractivity contribution in [1.82, 2.24) is 0 Å². The van der Waals surface area contributed by atoms with Crippen molar-refractivity contribution in [1.29, 1.82) is 0 Å². The Morgan fingerprint density at radius 3 is 2.55 bits per heavy atom. The third-order valence-electron chi connectivity index (χ3n) is 3.58. The smallest absolute Gasteiger partial charge is 0.228 e. The average Bonchev–Trinajstić information content (AvgIpc) is 2.50. The molecule has 3 heteroatoms. The van der Waals surface area contributed by atoms with Gasteiger partial charge in [0.25, 0.3) is 0 Å². The lowest BCUT2D eigenvalue weighted by molar-refractivity contribution is -0.115. The molecule has 0 bridgehead atoms. The first-order chi connectivity index (χ1) is 10.6. The minimum absolute atomic E-state index is 0.0685. The van der Waals surface area contributed by atoms with Crippen LogP contribution in [0.5, 0.6) is 0 Å². The van der Waals surface area contributed by atoms with Gasteiger partial charge in [0.15, 0.2) is 0 Å². The molecule has 0 aliphatic carbocycles. The predicted molar refractivity (Wildman–Crippen MR) is 92.5 cm³/mol. The molecule has 0 saturated carbocycles. The van der Waals surface area contributed by atoms with Gasteiger partial charge in [-0.15, -0.1) is 0 Å². The van der Waals surface area contributed by atoms with Crippen LogP contribution in [0.2, 0.25) is 5.02 Å². The Balaban J connectivity index is 1.75. The highest BCUT2D eigenvalue weighted by molar-refractivity contribution is 6.33. The Kier molecular flexibility index (Phi) is 4.12. The van der Waals surface area contributed by atoms with Crippen LogP contribution in [0, 0.1) is 6.92 Å². The van der Waals surface area contributed by atoms with Crippen LogP contribution in [0.4, 0.5) is 5.69 Å². The number of amides is 1. The fourth-order valence-electron chi connectivity index (χ4n) is 2.45. The van der Waals surface area contributed by atoms with Gasteiger partial charge in [-0.3, -0.25) is 4.79 Å². The van der Waals surface area contributed by atoms with Crippen molar-refractivity contribution in [3.8, 4) is 0 Å². The van der Waals surface area contributed by atoms with E-state index in [1.807, 2.05) is 61.5 Å². The van der Waals surface area contributed by atoms with Crippen molar-refractivity contribution in [2.45, 2.75) is 13.3 Å². The Hall–Kier alpha value is -2.32. The molecule has 0 unspecified atom stereocenters. The van der Waals surface area contributed by atoms with Crippen molar-refractivity contribution in [3.63, 3.8) is 0 Å². The second-order valence-corrected chi connectivity index (χ2v) is 5.80. The van der Waals surface area contributed by atoms with E-state index in [2.05, 4.69) is 11.4 Å². The van der Waals surface area contributed by atoms with Crippen LogP contribution in [0.25, 0.3) is 10.8 Å². The topological polar surface area (TPSA) is 29.1 Å². The zero-order valence-corrected chi connectivity index (χ0v) is 13.0. The van der Waals surface area contributed by atoms with Gasteiger partial charge in [0, 0.05) is 0 Å². The van der Waals surface area contributed by atoms with E-state index in [0.717, 1.165) is 16.5 Å². The zero-order valence-electron chi connectivity index (χ0n) is 12.3. The van der Waals surface area contributed by atoms with E-state index in [9.17, 15) is 4.79 Å². The molecule has 0 aliphatic heterocycles. The van der Waals surface area contributed by atoms with Crippen LogP contribution in [0.1, 0.15) is 11.1 Å². The van der Waals surface area contributed by atoms with Crippen LogP contribution < -0.4 is 5.32 Å². The Bertz CT molecular complexity index is 842. The van der Waals surface area contributed by atoms with Crippen LogP contribution in [0.15, 0.2) is 60.7 Å². The van der Waals surface area contributed by atoms with Crippen molar-refractivity contribution < 1.29 is 4.79 Å².